The lowest BCUT2D eigenvalue weighted by Gasteiger charge is -2.32. The number of likely N-dealkylation sites (tertiary alicyclic amines) is 1. The smallest absolute Gasteiger partial charge is 0.246 e. The molecule has 1 atom stereocenters. The molecule has 0 spiro atoms. The van der Waals surface area contributed by atoms with Crippen molar-refractivity contribution in [2.24, 2.45) is 0 Å². The molecular formula is C18H26N2O2. The van der Waals surface area contributed by atoms with Crippen molar-refractivity contribution in [3.05, 3.63) is 29.8 Å². The monoisotopic (exact) mass is 302 g/mol. The zero-order valence-electron chi connectivity index (χ0n) is 13.5. The average Bonchev–Trinajstić information content (AvgIpc) is 2.52. The molecule has 1 fully saturated rings. The Kier molecular flexibility index (Phi) is 5.87. The van der Waals surface area contributed by atoms with Crippen LogP contribution in [0.1, 0.15) is 45.1 Å². The van der Waals surface area contributed by atoms with Crippen LogP contribution < -0.4 is 10.5 Å². The molecule has 0 radical (unpaired) electrons. The molecule has 2 N–H and O–H groups in total. The predicted molar refractivity (Wildman–Crippen MR) is 90.7 cm³/mol. The van der Waals surface area contributed by atoms with Gasteiger partial charge in [0.15, 0.2) is 0 Å². The molecule has 0 aliphatic carbocycles. The van der Waals surface area contributed by atoms with Crippen molar-refractivity contribution in [1.82, 2.24) is 4.90 Å². The van der Waals surface area contributed by atoms with E-state index in [2.05, 4.69) is 13.8 Å². The van der Waals surface area contributed by atoms with E-state index < -0.39 is 0 Å². The van der Waals surface area contributed by atoms with E-state index in [0.29, 0.717) is 24.1 Å². The Morgan fingerprint density at radius 1 is 1.45 bits per heavy atom. The van der Waals surface area contributed by atoms with Crippen molar-refractivity contribution >= 4 is 17.7 Å². The molecule has 1 unspecified atom stereocenters. The Hall–Kier alpha value is -1.97. The van der Waals surface area contributed by atoms with Gasteiger partial charge in [0.25, 0.3) is 0 Å². The van der Waals surface area contributed by atoms with Crippen LogP contribution in [0.2, 0.25) is 0 Å². The number of ether oxygens (including phenoxy) is 1. The highest BCUT2D eigenvalue weighted by Crippen LogP contribution is 2.23. The van der Waals surface area contributed by atoms with E-state index in [-0.39, 0.29) is 5.91 Å². The quantitative estimate of drug-likeness (QED) is 0.669. The lowest BCUT2D eigenvalue weighted by atomic mass is 10.0. The minimum absolute atomic E-state index is 0.0806. The lowest BCUT2D eigenvalue weighted by molar-refractivity contribution is -0.129. The predicted octanol–water partition coefficient (Wildman–Crippen LogP) is 3.47. The Morgan fingerprint density at radius 3 is 2.95 bits per heavy atom. The second kappa shape index (κ2) is 7.87. The molecule has 0 bridgehead atoms. The van der Waals surface area contributed by atoms with E-state index in [0.717, 1.165) is 31.4 Å². The standard InChI is InChI=1S/C18H26N2O2/c1-3-12-22-17-9-7-15(13-16(17)19)8-10-18(21)20-11-5-4-6-14(20)2/h7-10,13-14H,3-6,11-12,19H2,1-2H3/b10-8-. The van der Waals surface area contributed by atoms with Crippen LogP contribution in [0.25, 0.3) is 6.08 Å². The Morgan fingerprint density at radius 2 is 2.27 bits per heavy atom. The zero-order valence-corrected chi connectivity index (χ0v) is 13.5. The summed E-state index contributed by atoms with van der Waals surface area (Å²) >= 11 is 0. The molecule has 2 rings (SSSR count). The van der Waals surface area contributed by atoms with Gasteiger partial charge in [-0.1, -0.05) is 13.0 Å². The van der Waals surface area contributed by atoms with Gasteiger partial charge in [0.2, 0.25) is 5.91 Å². The topological polar surface area (TPSA) is 55.6 Å². The fraction of sp³-hybridized carbons (Fsp3) is 0.500. The summed E-state index contributed by atoms with van der Waals surface area (Å²) in [5.74, 6) is 0.784. The summed E-state index contributed by atoms with van der Waals surface area (Å²) in [6.07, 6.45) is 7.82. The third-order valence-corrected chi connectivity index (χ3v) is 4.00. The molecule has 4 nitrogen and oxygen atoms in total. The van der Waals surface area contributed by atoms with E-state index in [1.165, 1.54) is 6.42 Å². The highest BCUT2D eigenvalue weighted by Gasteiger charge is 2.21. The average molecular weight is 302 g/mol. The van der Waals surface area contributed by atoms with Gasteiger partial charge in [-0.25, -0.2) is 0 Å². The van der Waals surface area contributed by atoms with Gasteiger partial charge in [0.05, 0.1) is 12.3 Å². The fourth-order valence-corrected chi connectivity index (χ4v) is 2.70. The highest BCUT2D eigenvalue weighted by atomic mass is 16.5. The molecular weight excluding hydrogens is 276 g/mol. The minimum atomic E-state index is 0.0806. The van der Waals surface area contributed by atoms with Crippen LogP contribution in [0.15, 0.2) is 24.3 Å². The van der Waals surface area contributed by atoms with Crippen molar-refractivity contribution in [1.29, 1.82) is 0 Å². The zero-order chi connectivity index (χ0) is 15.9. The number of hydrogen-bond donors (Lipinski definition) is 1. The molecule has 1 aromatic rings. The lowest BCUT2D eigenvalue weighted by Crippen LogP contribution is -2.41. The second-order valence-electron chi connectivity index (χ2n) is 5.86. The summed E-state index contributed by atoms with van der Waals surface area (Å²) in [6.45, 7) is 5.68. The van der Waals surface area contributed by atoms with Gasteiger partial charge in [-0.3, -0.25) is 4.79 Å². The van der Waals surface area contributed by atoms with Crippen molar-refractivity contribution in [2.45, 2.75) is 45.6 Å². The largest absolute Gasteiger partial charge is 0.491 e. The van der Waals surface area contributed by atoms with E-state index >= 15 is 0 Å². The molecule has 1 heterocycles. The van der Waals surface area contributed by atoms with Gasteiger partial charge in [-0.2, -0.15) is 0 Å². The SMILES string of the molecule is CCCOc1ccc(/C=C\C(=O)N2CCCCC2C)cc1N. The minimum Gasteiger partial charge on any atom is -0.491 e. The van der Waals surface area contributed by atoms with Crippen LogP contribution in [0, 0.1) is 0 Å². The van der Waals surface area contributed by atoms with Crippen molar-refractivity contribution < 1.29 is 9.53 Å². The van der Waals surface area contributed by atoms with Gasteiger partial charge >= 0.3 is 0 Å². The summed E-state index contributed by atoms with van der Waals surface area (Å²) in [4.78, 5) is 14.2. The molecule has 0 aromatic heterocycles. The Labute approximate surface area is 132 Å². The highest BCUT2D eigenvalue weighted by molar-refractivity contribution is 5.92. The molecule has 120 valence electrons. The summed E-state index contributed by atoms with van der Waals surface area (Å²) in [5, 5.41) is 0. The summed E-state index contributed by atoms with van der Waals surface area (Å²) < 4.78 is 5.55. The number of hydrogen-bond acceptors (Lipinski definition) is 3. The molecule has 22 heavy (non-hydrogen) atoms. The molecule has 0 saturated carbocycles. The first kappa shape index (κ1) is 16.4. The van der Waals surface area contributed by atoms with Crippen molar-refractivity contribution in [2.75, 3.05) is 18.9 Å². The second-order valence-corrected chi connectivity index (χ2v) is 5.86. The van der Waals surface area contributed by atoms with Crippen LogP contribution in [0.5, 0.6) is 5.75 Å². The number of nitrogen functional groups attached to an aromatic ring is 1. The molecule has 1 aromatic carbocycles. The van der Waals surface area contributed by atoms with Crippen LogP contribution in [0.4, 0.5) is 5.69 Å². The Bertz CT molecular complexity index is 540. The Balaban J connectivity index is 2.00. The van der Waals surface area contributed by atoms with Gasteiger partial charge in [-0.05, 0) is 56.4 Å². The molecule has 1 aliphatic rings. The number of benzene rings is 1. The maximum atomic E-state index is 12.3. The molecule has 1 aliphatic heterocycles. The maximum absolute atomic E-state index is 12.3. The normalized spacial score (nSPS) is 18.6. The summed E-state index contributed by atoms with van der Waals surface area (Å²) in [5.41, 5.74) is 7.50. The number of rotatable bonds is 5. The number of amides is 1. The third-order valence-electron chi connectivity index (χ3n) is 4.00. The number of nitrogens with zero attached hydrogens (tertiary/aromatic N) is 1. The van der Waals surface area contributed by atoms with E-state index in [4.69, 9.17) is 10.5 Å². The fourth-order valence-electron chi connectivity index (χ4n) is 2.70. The van der Waals surface area contributed by atoms with Crippen LogP contribution in [-0.4, -0.2) is 30.0 Å². The third kappa shape index (κ3) is 4.26. The van der Waals surface area contributed by atoms with Gasteiger partial charge in [0, 0.05) is 18.7 Å². The molecule has 1 amide bonds. The number of piperidine rings is 1. The molecule has 1 saturated heterocycles. The van der Waals surface area contributed by atoms with Crippen LogP contribution in [0.3, 0.4) is 0 Å². The van der Waals surface area contributed by atoms with Crippen molar-refractivity contribution in [3.8, 4) is 5.75 Å². The first-order chi connectivity index (χ1) is 10.6. The first-order valence-electron chi connectivity index (χ1n) is 8.13. The number of carbonyl (C=O) groups excluding carboxylic acids is 1. The first-order valence-corrected chi connectivity index (χ1v) is 8.13. The van der Waals surface area contributed by atoms with Gasteiger partial charge in [0.1, 0.15) is 5.75 Å². The molecule has 4 heteroatoms. The number of nitrogens with two attached hydrogens (primary N) is 1. The van der Waals surface area contributed by atoms with Crippen LogP contribution in [-0.2, 0) is 4.79 Å². The van der Waals surface area contributed by atoms with E-state index in [9.17, 15) is 4.79 Å². The van der Waals surface area contributed by atoms with Crippen LogP contribution >= 0.6 is 0 Å². The summed E-state index contributed by atoms with van der Waals surface area (Å²) in [7, 11) is 0. The van der Waals surface area contributed by atoms with E-state index in [1.54, 1.807) is 6.08 Å². The number of carbonyl (C=O) groups is 1. The van der Waals surface area contributed by atoms with Gasteiger partial charge < -0.3 is 15.4 Å². The summed E-state index contributed by atoms with van der Waals surface area (Å²) in [6, 6.07) is 5.96. The van der Waals surface area contributed by atoms with E-state index in [1.807, 2.05) is 29.2 Å². The maximum Gasteiger partial charge on any atom is 0.246 e. The number of anilines is 1. The van der Waals surface area contributed by atoms with Gasteiger partial charge in [-0.15, -0.1) is 0 Å². The van der Waals surface area contributed by atoms with Crippen molar-refractivity contribution in [3.63, 3.8) is 0 Å².